The summed E-state index contributed by atoms with van der Waals surface area (Å²) in [5.74, 6) is 0.708. The van der Waals surface area contributed by atoms with Gasteiger partial charge in [-0.15, -0.1) is 12.4 Å². The number of hydrogen-bond donors (Lipinski definition) is 1. The number of anilines is 1. The number of nitrogen functional groups attached to an aromatic ring is 1. The second-order valence-electron chi connectivity index (χ2n) is 5.73. The van der Waals surface area contributed by atoms with E-state index in [-0.39, 0.29) is 24.4 Å². The molecule has 0 unspecified atom stereocenters. The Labute approximate surface area is 128 Å². The predicted octanol–water partition coefficient (Wildman–Crippen LogP) is 3.52. The maximum absolute atomic E-state index is 12.3. The first-order chi connectivity index (χ1) is 8.91. The van der Waals surface area contributed by atoms with Gasteiger partial charge in [0.2, 0.25) is 5.91 Å². The third-order valence-electron chi connectivity index (χ3n) is 3.17. The van der Waals surface area contributed by atoms with E-state index in [0.717, 1.165) is 17.8 Å². The quantitative estimate of drug-likeness (QED) is 0.817. The topological polar surface area (TPSA) is 46.3 Å². The Hall–Kier alpha value is -1.22. The van der Waals surface area contributed by atoms with E-state index < -0.39 is 0 Å². The number of aryl methyl sites for hydroxylation is 1. The summed E-state index contributed by atoms with van der Waals surface area (Å²) < 4.78 is 0. The predicted molar refractivity (Wildman–Crippen MR) is 88.1 cm³/mol. The van der Waals surface area contributed by atoms with Gasteiger partial charge in [0.25, 0.3) is 0 Å². The van der Waals surface area contributed by atoms with Crippen molar-refractivity contribution in [2.24, 2.45) is 5.92 Å². The van der Waals surface area contributed by atoms with Gasteiger partial charge in [-0.1, -0.05) is 32.0 Å². The van der Waals surface area contributed by atoms with Crippen molar-refractivity contribution < 1.29 is 4.79 Å². The van der Waals surface area contributed by atoms with Gasteiger partial charge in [-0.3, -0.25) is 4.79 Å². The summed E-state index contributed by atoms with van der Waals surface area (Å²) in [6, 6.07) is 8.01. The van der Waals surface area contributed by atoms with Gasteiger partial charge in [0.15, 0.2) is 0 Å². The second-order valence-corrected chi connectivity index (χ2v) is 5.73. The van der Waals surface area contributed by atoms with Gasteiger partial charge in [0.1, 0.15) is 0 Å². The van der Waals surface area contributed by atoms with Crippen LogP contribution < -0.4 is 5.73 Å². The van der Waals surface area contributed by atoms with E-state index in [0.29, 0.717) is 18.8 Å². The molecule has 0 saturated carbocycles. The van der Waals surface area contributed by atoms with E-state index in [1.54, 1.807) is 0 Å². The number of nitrogens with zero attached hydrogens (tertiary/aromatic N) is 1. The van der Waals surface area contributed by atoms with Crippen molar-refractivity contribution in [3.63, 3.8) is 0 Å². The average molecular weight is 299 g/mol. The zero-order valence-corrected chi connectivity index (χ0v) is 13.7. The monoisotopic (exact) mass is 298 g/mol. The van der Waals surface area contributed by atoms with Crippen LogP contribution in [-0.4, -0.2) is 23.4 Å². The van der Waals surface area contributed by atoms with Crippen LogP contribution in [0.2, 0.25) is 0 Å². The van der Waals surface area contributed by atoms with Gasteiger partial charge in [-0.2, -0.15) is 0 Å². The number of rotatable bonds is 6. The normalized spacial score (nSPS) is 10.5. The number of carbonyl (C=O) groups excluding carboxylic acids is 1. The van der Waals surface area contributed by atoms with Crippen molar-refractivity contribution >= 4 is 24.0 Å². The molecule has 0 aliphatic rings. The fourth-order valence-corrected chi connectivity index (χ4v) is 2.14. The average Bonchev–Trinajstić information content (AvgIpc) is 2.34. The molecule has 0 aliphatic carbocycles. The van der Waals surface area contributed by atoms with E-state index in [1.807, 2.05) is 29.2 Å². The van der Waals surface area contributed by atoms with Crippen LogP contribution in [0.1, 0.15) is 39.7 Å². The lowest BCUT2D eigenvalue weighted by atomic mass is 10.1. The van der Waals surface area contributed by atoms with Gasteiger partial charge >= 0.3 is 0 Å². The zero-order valence-electron chi connectivity index (χ0n) is 12.9. The zero-order chi connectivity index (χ0) is 14.4. The largest absolute Gasteiger partial charge is 0.399 e. The van der Waals surface area contributed by atoms with Crippen LogP contribution in [0, 0.1) is 5.92 Å². The lowest BCUT2D eigenvalue weighted by Crippen LogP contribution is -2.39. The van der Waals surface area contributed by atoms with Gasteiger partial charge < -0.3 is 10.6 Å². The second kappa shape index (κ2) is 8.85. The van der Waals surface area contributed by atoms with Crippen molar-refractivity contribution in [3.8, 4) is 0 Å². The highest BCUT2D eigenvalue weighted by molar-refractivity contribution is 5.85. The molecule has 114 valence electrons. The Morgan fingerprint density at radius 3 is 2.30 bits per heavy atom. The lowest BCUT2D eigenvalue weighted by Gasteiger charge is -2.28. The number of benzene rings is 1. The molecule has 20 heavy (non-hydrogen) atoms. The van der Waals surface area contributed by atoms with Gasteiger partial charge in [0.05, 0.1) is 0 Å². The summed E-state index contributed by atoms with van der Waals surface area (Å²) in [5, 5.41) is 0. The molecule has 0 aromatic heterocycles. The van der Waals surface area contributed by atoms with E-state index >= 15 is 0 Å². The molecule has 0 aliphatic heterocycles. The van der Waals surface area contributed by atoms with E-state index in [2.05, 4.69) is 27.7 Å². The fraction of sp³-hybridized carbons (Fsp3) is 0.562. The number of para-hydroxylation sites is 1. The Morgan fingerprint density at radius 2 is 1.80 bits per heavy atom. The molecular formula is C16H27ClN2O. The Bertz CT molecular complexity index is 419. The van der Waals surface area contributed by atoms with E-state index in [9.17, 15) is 4.79 Å². The number of hydrogen-bond acceptors (Lipinski definition) is 2. The Kier molecular flexibility index (Phi) is 8.31. The van der Waals surface area contributed by atoms with Crippen LogP contribution in [0.25, 0.3) is 0 Å². The molecule has 0 spiro atoms. The molecule has 1 rings (SSSR count). The molecule has 0 fully saturated rings. The molecule has 0 radical (unpaired) electrons. The summed E-state index contributed by atoms with van der Waals surface area (Å²) >= 11 is 0. The van der Waals surface area contributed by atoms with Crippen molar-refractivity contribution in [1.82, 2.24) is 4.90 Å². The first-order valence-electron chi connectivity index (χ1n) is 7.04. The number of amides is 1. The summed E-state index contributed by atoms with van der Waals surface area (Å²) in [6.07, 6.45) is 1.24. The van der Waals surface area contributed by atoms with E-state index in [1.165, 1.54) is 0 Å². The SMILES string of the molecule is CC(C)CN(C(=O)CCc1ccccc1N)C(C)C.Cl. The maximum Gasteiger partial charge on any atom is 0.223 e. The first-order valence-corrected chi connectivity index (χ1v) is 7.04. The third kappa shape index (κ3) is 5.83. The minimum absolute atomic E-state index is 0. The minimum atomic E-state index is 0. The molecule has 3 nitrogen and oxygen atoms in total. The molecule has 2 N–H and O–H groups in total. The van der Waals surface area contributed by atoms with E-state index in [4.69, 9.17) is 5.73 Å². The van der Waals surface area contributed by atoms with Crippen LogP contribution in [-0.2, 0) is 11.2 Å². The molecular weight excluding hydrogens is 272 g/mol. The molecule has 4 heteroatoms. The summed E-state index contributed by atoms with van der Waals surface area (Å²) in [5.41, 5.74) is 7.73. The highest BCUT2D eigenvalue weighted by atomic mass is 35.5. The third-order valence-corrected chi connectivity index (χ3v) is 3.17. The summed E-state index contributed by atoms with van der Waals surface area (Å²) in [4.78, 5) is 14.3. The summed E-state index contributed by atoms with van der Waals surface area (Å²) in [7, 11) is 0. The van der Waals surface area contributed by atoms with Crippen molar-refractivity contribution in [2.75, 3.05) is 12.3 Å². The van der Waals surface area contributed by atoms with Crippen LogP contribution in [0.3, 0.4) is 0 Å². The smallest absolute Gasteiger partial charge is 0.223 e. The Morgan fingerprint density at radius 1 is 1.20 bits per heavy atom. The van der Waals surface area contributed by atoms with Crippen molar-refractivity contribution in [3.05, 3.63) is 29.8 Å². The van der Waals surface area contributed by atoms with Crippen molar-refractivity contribution in [1.29, 1.82) is 0 Å². The highest BCUT2D eigenvalue weighted by Crippen LogP contribution is 2.14. The molecule has 0 saturated heterocycles. The highest BCUT2D eigenvalue weighted by Gasteiger charge is 2.17. The number of nitrogens with two attached hydrogens (primary N) is 1. The molecule has 0 bridgehead atoms. The van der Waals surface area contributed by atoms with Crippen LogP contribution in [0.15, 0.2) is 24.3 Å². The molecule has 1 aromatic rings. The van der Waals surface area contributed by atoms with Crippen LogP contribution >= 0.6 is 12.4 Å². The van der Waals surface area contributed by atoms with Gasteiger partial charge in [-0.25, -0.2) is 0 Å². The number of halogens is 1. The van der Waals surface area contributed by atoms with Gasteiger partial charge in [-0.05, 0) is 37.8 Å². The molecule has 0 atom stereocenters. The first kappa shape index (κ1) is 18.8. The fourth-order valence-electron chi connectivity index (χ4n) is 2.14. The molecule has 1 amide bonds. The van der Waals surface area contributed by atoms with Gasteiger partial charge in [0, 0.05) is 24.7 Å². The molecule has 0 heterocycles. The van der Waals surface area contributed by atoms with Crippen LogP contribution in [0.4, 0.5) is 5.69 Å². The Balaban J connectivity index is 0.00000361. The van der Waals surface area contributed by atoms with Crippen LogP contribution in [0.5, 0.6) is 0 Å². The number of carbonyl (C=O) groups is 1. The van der Waals surface area contributed by atoms with Crippen molar-refractivity contribution in [2.45, 2.75) is 46.6 Å². The summed E-state index contributed by atoms with van der Waals surface area (Å²) in [6.45, 7) is 9.23. The minimum Gasteiger partial charge on any atom is -0.399 e. The standard InChI is InChI=1S/C16H26N2O.ClH/c1-12(2)11-18(13(3)4)16(19)10-9-14-7-5-6-8-15(14)17;/h5-8,12-13H,9-11,17H2,1-4H3;1H. The molecule has 1 aromatic carbocycles. The maximum atomic E-state index is 12.3. The lowest BCUT2D eigenvalue weighted by molar-refractivity contribution is -0.133.